The third-order valence-electron chi connectivity index (χ3n) is 5.42. The van der Waals surface area contributed by atoms with Crippen LogP contribution in [0.25, 0.3) is 0 Å². The Labute approximate surface area is 166 Å². The Morgan fingerprint density at radius 3 is 2.85 bits per heavy atom. The summed E-state index contributed by atoms with van der Waals surface area (Å²) in [6, 6.07) is 8.61. The number of pyridine rings is 1. The van der Waals surface area contributed by atoms with Crippen LogP contribution in [0.5, 0.6) is 0 Å². The number of hydrogen-bond donors (Lipinski definition) is 1. The van der Waals surface area contributed by atoms with Gasteiger partial charge in [-0.3, -0.25) is 9.88 Å². The molecule has 4 nitrogen and oxygen atoms in total. The van der Waals surface area contributed by atoms with Gasteiger partial charge in [-0.15, -0.1) is 0 Å². The fourth-order valence-electron chi connectivity index (χ4n) is 3.68. The average Bonchev–Trinajstić information content (AvgIpc) is 3.12. The number of hydrogen-bond acceptors (Lipinski definition) is 4. The van der Waals surface area contributed by atoms with Gasteiger partial charge >= 0.3 is 0 Å². The number of aryl methyl sites for hydroxylation is 2. The lowest BCUT2D eigenvalue weighted by Gasteiger charge is -2.21. The van der Waals surface area contributed by atoms with Crippen LogP contribution in [0, 0.1) is 19.8 Å². The minimum absolute atomic E-state index is 0.178. The zero-order valence-electron chi connectivity index (χ0n) is 16.3. The molecule has 0 spiro atoms. The number of anilines is 1. The molecule has 2 atom stereocenters. The Morgan fingerprint density at radius 2 is 2.19 bits per heavy atom. The molecule has 1 N–H and O–H groups in total. The first-order chi connectivity index (χ1) is 13.0. The lowest BCUT2D eigenvalue weighted by Crippen LogP contribution is -2.21. The topological polar surface area (TPSA) is 45.2 Å². The summed E-state index contributed by atoms with van der Waals surface area (Å²) in [6.07, 6.45) is 4.92. The van der Waals surface area contributed by atoms with E-state index in [1.807, 2.05) is 26.1 Å². The van der Waals surface area contributed by atoms with E-state index in [9.17, 15) is 4.79 Å². The number of nitrogens with zero attached hydrogens (tertiary/aromatic N) is 2. The Hall–Kier alpha value is -1.91. The van der Waals surface area contributed by atoms with E-state index < -0.39 is 0 Å². The SMILES string of the molecule is CC[C@@H](Nc1cnc(C)c(CN2CC[C@@H](C=O)C2)c1)c1ccc(Cl)c(C)c1. The number of benzene rings is 1. The molecule has 0 saturated carbocycles. The van der Waals surface area contributed by atoms with Gasteiger partial charge in [-0.05, 0) is 62.1 Å². The van der Waals surface area contributed by atoms with E-state index in [0.29, 0.717) is 0 Å². The van der Waals surface area contributed by atoms with Crippen molar-refractivity contribution in [2.24, 2.45) is 5.92 Å². The lowest BCUT2D eigenvalue weighted by atomic mass is 10.0. The second kappa shape index (κ2) is 8.85. The second-order valence-corrected chi connectivity index (χ2v) is 7.91. The van der Waals surface area contributed by atoms with Crippen LogP contribution in [0.15, 0.2) is 30.5 Å². The fourth-order valence-corrected chi connectivity index (χ4v) is 3.80. The minimum atomic E-state index is 0.178. The van der Waals surface area contributed by atoms with Crippen molar-refractivity contribution in [3.63, 3.8) is 0 Å². The number of aldehydes is 1. The molecule has 0 bridgehead atoms. The van der Waals surface area contributed by atoms with Gasteiger partial charge in [-0.25, -0.2) is 0 Å². The maximum absolute atomic E-state index is 11.0. The summed E-state index contributed by atoms with van der Waals surface area (Å²) in [7, 11) is 0. The van der Waals surface area contributed by atoms with Crippen LogP contribution in [0.4, 0.5) is 5.69 Å². The quantitative estimate of drug-likeness (QED) is 0.686. The molecular weight excluding hydrogens is 358 g/mol. The van der Waals surface area contributed by atoms with Gasteiger partial charge < -0.3 is 10.1 Å². The van der Waals surface area contributed by atoms with Crippen LogP contribution in [0.3, 0.4) is 0 Å². The fraction of sp³-hybridized carbons (Fsp3) is 0.455. The molecule has 1 aromatic heterocycles. The largest absolute Gasteiger partial charge is 0.377 e. The van der Waals surface area contributed by atoms with Crippen LogP contribution in [-0.2, 0) is 11.3 Å². The molecule has 144 valence electrons. The first-order valence-electron chi connectivity index (χ1n) is 9.66. The first-order valence-corrected chi connectivity index (χ1v) is 10.0. The highest BCUT2D eigenvalue weighted by Gasteiger charge is 2.22. The predicted octanol–water partition coefficient (Wildman–Crippen LogP) is 4.94. The van der Waals surface area contributed by atoms with Gasteiger partial charge in [-0.1, -0.05) is 30.7 Å². The summed E-state index contributed by atoms with van der Waals surface area (Å²) >= 11 is 6.17. The monoisotopic (exact) mass is 385 g/mol. The molecule has 1 saturated heterocycles. The lowest BCUT2D eigenvalue weighted by molar-refractivity contribution is -0.110. The Bertz CT molecular complexity index is 808. The predicted molar refractivity (Wildman–Crippen MR) is 111 cm³/mol. The highest BCUT2D eigenvalue weighted by molar-refractivity contribution is 6.31. The molecule has 0 unspecified atom stereocenters. The van der Waals surface area contributed by atoms with E-state index in [1.165, 1.54) is 11.1 Å². The molecule has 1 aliphatic rings. The van der Waals surface area contributed by atoms with E-state index in [2.05, 4.69) is 40.3 Å². The Morgan fingerprint density at radius 1 is 1.37 bits per heavy atom. The van der Waals surface area contributed by atoms with Crippen LogP contribution in [-0.4, -0.2) is 29.3 Å². The van der Waals surface area contributed by atoms with Gasteiger partial charge in [0, 0.05) is 29.7 Å². The number of nitrogens with one attached hydrogen (secondary N) is 1. The van der Waals surface area contributed by atoms with Crippen molar-refractivity contribution in [1.29, 1.82) is 0 Å². The third kappa shape index (κ3) is 4.88. The summed E-state index contributed by atoms with van der Waals surface area (Å²) in [6.45, 7) is 8.92. The maximum atomic E-state index is 11.0. The number of rotatable bonds is 7. The zero-order chi connectivity index (χ0) is 19.4. The van der Waals surface area contributed by atoms with Crippen molar-refractivity contribution < 1.29 is 4.79 Å². The minimum Gasteiger partial charge on any atom is -0.377 e. The van der Waals surface area contributed by atoms with Crippen molar-refractivity contribution in [3.05, 3.63) is 57.9 Å². The number of aromatic nitrogens is 1. The molecule has 2 aromatic rings. The molecule has 0 aliphatic carbocycles. The number of halogens is 1. The van der Waals surface area contributed by atoms with Crippen molar-refractivity contribution >= 4 is 23.6 Å². The molecular formula is C22H28ClN3O. The van der Waals surface area contributed by atoms with Crippen LogP contribution < -0.4 is 5.32 Å². The Balaban J connectivity index is 1.74. The third-order valence-corrected chi connectivity index (χ3v) is 5.84. The average molecular weight is 386 g/mol. The van der Waals surface area contributed by atoms with E-state index in [4.69, 9.17) is 11.6 Å². The standard InChI is InChI=1S/C22H28ClN3O/c1-4-22(18-5-6-21(23)15(2)9-18)25-20-10-19(16(3)24-11-20)13-26-8-7-17(12-26)14-27/h5-6,9-11,14,17,22,25H,4,7-8,12-13H2,1-3H3/t17-,22-/m1/s1. The van der Waals surface area contributed by atoms with E-state index in [-0.39, 0.29) is 12.0 Å². The summed E-state index contributed by atoms with van der Waals surface area (Å²) in [5.41, 5.74) is 5.62. The molecule has 1 aromatic carbocycles. The molecule has 0 radical (unpaired) electrons. The van der Waals surface area contributed by atoms with Crippen molar-refractivity contribution in [2.75, 3.05) is 18.4 Å². The summed E-state index contributed by atoms with van der Waals surface area (Å²) in [5, 5.41) is 4.42. The van der Waals surface area contributed by atoms with Gasteiger partial charge in [0.1, 0.15) is 6.29 Å². The van der Waals surface area contributed by atoms with Crippen LogP contribution in [0.1, 0.15) is 48.2 Å². The van der Waals surface area contributed by atoms with Crippen LogP contribution >= 0.6 is 11.6 Å². The van der Waals surface area contributed by atoms with Crippen molar-refractivity contribution in [2.45, 2.75) is 46.2 Å². The molecule has 1 aliphatic heterocycles. The van der Waals surface area contributed by atoms with Crippen molar-refractivity contribution in [3.8, 4) is 0 Å². The highest BCUT2D eigenvalue weighted by Crippen LogP contribution is 2.27. The van der Waals surface area contributed by atoms with Gasteiger partial charge in [0.15, 0.2) is 0 Å². The molecule has 2 heterocycles. The summed E-state index contributed by atoms with van der Waals surface area (Å²) in [5.74, 6) is 0.178. The summed E-state index contributed by atoms with van der Waals surface area (Å²) in [4.78, 5) is 17.9. The zero-order valence-corrected chi connectivity index (χ0v) is 17.1. The van der Waals surface area contributed by atoms with E-state index in [0.717, 1.165) is 60.7 Å². The van der Waals surface area contributed by atoms with Gasteiger partial charge in [-0.2, -0.15) is 0 Å². The number of carbonyl (C=O) groups excluding carboxylic acids is 1. The van der Waals surface area contributed by atoms with Gasteiger partial charge in [0.2, 0.25) is 0 Å². The van der Waals surface area contributed by atoms with E-state index >= 15 is 0 Å². The molecule has 0 amide bonds. The van der Waals surface area contributed by atoms with Crippen molar-refractivity contribution in [1.82, 2.24) is 9.88 Å². The first kappa shape index (κ1) is 19.8. The molecule has 5 heteroatoms. The summed E-state index contributed by atoms with van der Waals surface area (Å²) < 4.78 is 0. The molecule has 27 heavy (non-hydrogen) atoms. The molecule has 3 rings (SSSR count). The number of likely N-dealkylation sites (tertiary alicyclic amines) is 1. The Kier molecular flexibility index (Phi) is 6.51. The number of carbonyl (C=O) groups is 1. The normalized spacial score (nSPS) is 18.4. The van der Waals surface area contributed by atoms with E-state index in [1.54, 1.807) is 0 Å². The smallest absolute Gasteiger partial charge is 0.124 e. The second-order valence-electron chi connectivity index (χ2n) is 7.50. The van der Waals surface area contributed by atoms with Crippen LogP contribution in [0.2, 0.25) is 5.02 Å². The highest BCUT2D eigenvalue weighted by atomic mass is 35.5. The van der Waals surface area contributed by atoms with Gasteiger partial charge in [0.05, 0.1) is 17.9 Å². The van der Waals surface area contributed by atoms with Gasteiger partial charge in [0.25, 0.3) is 0 Å². The molecule has 1 fully saturated rings. The maximum Gasteiger partial charge on any atom is 0.124 e.